The summed E-state index contributed by atoms with van der Waals surface area (Å²) >= 11 is 0. The van der Waals surface area contributed by atoms with E-state index in [0.29, 0.717) is 6.04 Å². The predicted molar refractivity (Wildman–Crippen MR) is 53.8 cm³/mol. The number of hydrogen-bond acceptors (Lipinski definition) is 2. The summed E-state index contributed by atoms with van der Waals surface area (Å²) in [5.74, 6) is -2.56. The van der Waals surface area contributed by atoms with Gasteiger partial charge in [0.15, 0.2) is 0 Å². The van der Waals surface area contributed by atoms with E-state index in [0.717, 1.165) is 39.3 Å². The van der Waals surface area contributed by atoms with Crippen LogP contribution in [0.25, 0.3) is 0 Å². The third kappa shape index (κ3) is 4.33. The van der Waals surface area contributed by atoms with Crippen LogP contribution < -0.4 is 5.32 Å². The molecule has 1 aliphatic rings. The zero-order valence-electron chi connectivity index (χ0n) is 9.02. The Morgan fingerprint density at radius 3 is 2.64 bits per heavy atom. The Kier molecular flexibility index (Phi) is 4.26. The fourth-order valence-electron chi connectivity index (χ4n) is 2.00. The van der Waals surface area contributed by atoms with Gasteiger partial charge in [-0.15, -0.1) is 0 Å². The first-order valence-corrected chi connectivity index (χ1v) is 5.29. The third-order valence-electron chi connectivity index (χ3n) is 2.73. The molecule has 4 heteroatoms. The SMILES string of the molecule is CNC1CCCN(CC(C)(F)F)CC1. The van der Waals surface area contributed by atoms with Crippen LogP contribution in [0.15, 0.2) is 0 Å². The molecule has 0 saturated carbocycles. The second-order valence-electron chi connectivity index (χ2n) is 4.26. The number of likely N-dealkylation sites (tertiary alicyclic amines) is 1. The lowest BCUT2D eigenvalue weighted by atomic mass is 10.1. The number of hydrogen-bond donors (Lipinski definition) is 1. The van der Waals surface area contributed by atoms with Crippen LogP contribution in [0.2, 0.25) is 0 Å². The predicted octanol–water partition coefficient (Wildman–Crippen LogP) is 1.72. The summed E-state index contributed by atoms with van der Waals surface area (Å²) in [5, 5.41) is 3.21. The van der Waals surface area contributed by atoms with E-state index in [1.165, 1.54) is 0 Å². The Morgan fingerprint density at radius 2 is 2.07 bits per heavy atom. The molecule has 1 atom stereocenters. The van der Waals surface area contributed by atoms with Crippen molar-refractivity contribution >= 4 is 0 Å². The number of nitrogens with zero attached hydrogens (tertiary/aromatic N) is 1. The van der Waals surface area contributed by atoms with Gasteiger partial charge in [-0.3, -0.25) is 4.90 Å². The van der Waals surface area contributed by atoms with Crippen molar-refractivity contribution in [3.05, 3.63) is 0 Å². The molecule has 0 amide bonds. The second-order valence-corrected chi connectivity index (χ2v) is 4.26. The number of rotatable bonds is 3. The van der Waals surface area contributed by atoms with Gasteiger partial charge < -0.3 is 5.32 Å². The fourth-order valence-corrected chi connectivity index (χ4v) is 2.00. The lowest BCUT2D eigenvalue weighted by molar-refractivity contribution is -0.0136. The zero-order chi connectivity index (χ0) is 10.6. The van der Waals surface area contributed by atoms with E-state index in [4.69, 9.17) is 0 Å². The summed E-state index contributed by atoms with van der Waals surface area (Å²) in [6, 6.07) is 0.505. The molecule has 0 aromatic rings. The molecule has 14 heavy (non-hydrogen) atoms. The molecule has 0 bridgehead atoms. The molecule has 1 N–H and O–H groups in total. The largest absolute Gasteiger partial charge is 0.317 e. The highest BCUT2D eigenvalue weighted by Crippen LogP contribution is 2.17. The molecule has 1 fully saturated rings. The average molecular weight is 206 g/mol. The smallest absolute Gasteiger partial charge is 0.257 e. The molecular weight excluding hydrogens is 186 g/mol. The van der Waals surface area contributed by atoms with Crippen LogP contribution in [-0.2, 0) is 0 Å². The van der Waals surface area contributed by atoms with Gasteiger partial charge >= 0.3 is 0 Å². The van der Waals surface area contributed by atoms with Crippen molar-refractivity contribution in [2.24, 2.45) is 0 Å². The van der Waals surface area contributed by atoms with Crippen LogP contribution in [0.4, 0.5) is 8.78 Å². The maximum absolute atomic E-state index is 12.8. The lowest BCUT2D eigenvalue weighted by Gasteiger charge is -2.23. The van der Waals surface area contributed by atoms with Crippen LogP contribution in [0, 0.1) is 0 Å². The molecule has 0 aromatic carbocycles. The molecule has 1 aliphatic heterocycles. The van der Waals surface area contributed by atoms with Crippen molar-refractivity contribution in [1.29, 1.82) is 0 Å². The Bertz CT molecular complexity index is 168. The molecule has 0 aliphatic carbocycles. The van der Waals surface area contributed by atoms with E-state index in [2.05, 4.69) is 5.32 Å². The minimum absolute atomic E-state index is 0.0938. The molecule has 2 nitrogen and oxygen atoms in total. The van der Waals surface area contributed by atoms with E-state index >= 15 is 0 Å². The van der Waals surface area contributed by atoms with Crippen LogP contribution in [0.1, 0.15) is 26.2 Å². The van der Waals surface area contributed by atoms with Crippen molar-refractivity contribution in [3.63, 3.8) is 0 Å². The Labute approximate surface area is 84.7 Å². The number of nitrogens with one attached hydrogen (secondary N) is 1. The summed E-state index contributed by atoms with van der Waals surface area (Å²) in [7, 11) is 1.94. The van der Waals surface area contributed by atoms with Crippen LogP contribution >= 0.6 is 0 Å². The van der Waals surface area contributed by atoms with Gasteiger partial charge in [-0.25, -0.2) is 8.78 Å². The monoisotopic (exact) mass is 206 g/mol. The van der Waals surface area contributed by atoms with Gasteiger partial charge in [-0.1, -0.05) is 0 Å². The van der Waals surface area contributed by atoms with Gasteiger partial charge in [0, 0.05) is 13.0 Å². The van der Waals surface area contributed by atoms with E-state index in [-0.39, 0.29) is 6.54 Å². The maximum Gasteiger partial charge on any atom is 0.257 e. The van der Waals surface area contributed by atoms with Crippen molar-refractivity contribution in [3.8, 4) is 0 Å². The first-order chi connectivity index (χ1) is 6.51. The maximum atomic E-state index is 12.8. The Morgan fingerprint density at radius 1 is 1.36 bits per heavy atom. The van der Waals surface area contributed by atoms with Gasteiger partial charge in [-0.05, 0) is 39.4 Å². The third-order valence-corrected chi connectivity index (χ3v) is 2.73. The highest BCUT2D eigenvalue weighted by atomic mass is 19.3. The highest BCUT2D eigenvalue weighted by Gasteiger charge is 2.26. The summed E-state index contributed by atoms with van der Waals surface area (Å²) in [6.07, 6.45) is 3.09. The topological polar surface area (TPSA) is 15.3 Å². The summed E-state index contributed by atoms with van der Waals surface area (Å²) < 4.78 is 25.5. The molecule has 1 heterocycles. The minimum Gasteiger partial charge on any atom is -0.317 e. The van der Waals surface area contributed by atoms with Gasteiger partial charge in [0.05, 0.1) is 6.54 Å². The van der Waals surface area contributed by atoms with Crippen LogP contribution in [0.5, 0.6) is 0 Å². The molecule has 0 spiro atoms. The van der Waals surface area contributed by atoms with E-state index in [1.54, 1.807) is 0 Å². The average Bonchev–Trinajstić information content (AvgIpc) is 2.27. The molecule has 1 rings (SSSR count). The van der Waals surface area contributed by atoms with Gasteiger partial charge in [0.25, 0.3) is 5.92 Å². The van der Waals surface area contributed by atoms with Gasteiger partial charge in [0.2, 0.25) is 0 Å². The normalized spacial score (nSPS) is 26.1. The van der Waals surface area contributed by atoms with Crippen LogP contribution in [0.3, 0.4) is 0 Å². The van der Waals surface area contributed by atoms with Crippen molar-refractivity contribution in [2.45, 2.75) is 38.2 Å². The molecule has 84 valence electrons. The first-order valence-electron chi connectivity index (χ1n) is 5.29. The standard InChI is InChI=1S/C10H20F2N2/c1-10(11,12)8-14-6-3-4-9(13-2)5-7-14/h9,13H,3-8H2,1-2H3. The quantitative estimate of drug-likeness (QED) is 0.756. The fraction of sp³-hybridized carbons (Fsp3) is 1.00. The minimum atomic E-state index is -2.56. The highest BCUT2D eigenvalue weighted by molar-refractivity contribution is 4.76. The lowest BCUT2D eigenvalue weighted by Crippen LogP contribution is -2.36. The van der Waals surface area contributed by atoms with Gasteiger partial charge in [-0.2, -0.15) is 0 Å². The summed E-state index contributed by atoms with van der Waals surface area (Å²) in [6.45, 7) is 2.49. The van der Waals surface area contributed by atoms with Gasteiger partial charge in [0.1, 0.15) is 0 Å². The summed E-state index contributed by atoms with van der Waals surface area (Å²) in [5.41, 5.74) is 0. The number of halogens is 2. The van der Waals surface area contributed by atoms with E-state index in [9.17, 15) is 8.78 Å². The Balaban J connectivity index is 2.34. The first kappa shape index (κ1) is 11.9. The number of alkyl halides is 2. The zero-order valence-corrected chi connectivity index (χ0v) is 9.02. The second kappa shape index (κ2) is 5.03. The Hall–Kier alpha value is -0.220. The van der Waals surface area contributed by atoms with Crippen molar-refractivity contribution in [1.82, 2.24) is 10.2 Å². The molecule has 0 radical (unpaired) electrons. The van der Waals surface area contributed by atoms with E-state index < -0.39 is 5.92 Å². The van der Waals surface area contributed by atoms with Crippen molar-refractivity contribution < 1.29 is 8.78 Å². The van der Waals surface area contributed by atoms with Crippen molar-refractivity contribution in [2.75, 3.05) is 26.7 Å². The molecule has 1 saturated heterocycles. The molecular formula is C10H20F2N2. The summed E-state index contributed by atoms with van der Waals surface area (Å²) in [4.78, 5) is 1.87. The molecule has 1 unspecified atom stereocenters. The molecule has 0 aromatic heterocycles. The van der Waals surface area contributed by atoms with Crippen LogP contribution in [-0.4, -0.2) is 43.5 Å². The van der Waals surface area contributed by atoms with E-state index in [1.807, 2.05) is 11.9 Å².